The molecule has 1 aromatic rings. The number of carbonyl (C=O) groups is 2. The van der Waals surface area contributed by atoms with Crippen LogP contribution in [0.15, 0.2) is 12.4 Å². The quantitative estimate of drug-likeness (QED) is 0.578. The topological polar surface area (TPSA) is 119 Å². The normalized spacial score (nSPS) is 13.9. The van der Waals surface area contributed by atoms with Crippen LogP contribution >= 0.6 is 0 Å². The second-order valence-corrected chi connectivity index (χ2v) is 3.78. The van der Waals surface area contributed by atoms with Gasteiger partial charge in [0.25, 0.3) is 0 Å². The van der Waals surface area contributed by atoms with Crippen molar-refractivity contribution in [3.63, 3.8) is 0 Å². The third kappa shape index (κ3) is 3.54. The third-order valence-corrected chi connectivity index (χ3v) is 2.31. The predicted molar refractivity (Wildman–Crippen MR) is 61.6 cm³/mol. The summed E-state index contributed by atoms with van der Waals surface area (Å²) in [5.41, 5.74) is 6.21. The molecule has 0 aliphatic carbocycles. The first-order valence-electron chi connectivity index (χ1n) is 5.22. The van der Waals surface area contributed by atoms with E-state index in [0.717, 1.165) is 0 Å². The summed E-state index contributed by atoms with van der Waals surface area (Å²) in [7, 11) is 3.04. The van der Waals surface area contributed by atoms with Gasteiger partial charge < -0.3 is 20.9 Å². The lowest BCUT2D eigenvalue weighted by Gasteiger charge is -2.16. The number of carboxylic acids is 1. The van der Waals surface area contributed by atoms with Gasteiger partial charge in [0, 0.05) is 25.9 Å². The lowest BCUT2D eigenvalue weighted by atomic mass is 10.1. The zero-order valence-electron chi connectivity index (χ0n) is 10.2. The maximum atomic E-state index is 11.8. The van der Waals surface area contributed by atoms with E-state index >= 15 is 0 Å². The molecule has 0 radical (unpaired) electrons. The Kier molecular flexibility index (Phi) is 4.81. The second-order valence-electron chi connectivity index (χ2n) is 3.78. The van der Waals surface area contributed by atoms with E-state index in [2.05, 4.69) is 10.4 Å². The number of hydrogen-bond donors (Lipinski definition) is 3. The summed E-state index contributed by atoms with van der Waals surface area (Å²) in [6.07, 6.45) is 3.05. The smallest absolute Gasteiger partial charge is 0.328 e. The van der Waals surface area contributed by atoms with Crippen LogP contribution in [-0.2, 0) is 21.4 Å². The number of nitrogens with one attached hydrogen (secondary N) is 1. The minimum absolute atomic E-state index is 0.124. The summed E-state index contributed by atoms with van der Waals surface area (Å²) in [5, 5.41) is 15.0. The number of nitrogens with zero attached hydrogens (tertiary/aromatic N) is 2. The summed E-state index contributed by atoms with van der Waals surface area (Å²) in [4.78, 5) is 22.6. The summed E-state index contributed by atoms with van der Waals surface area (Å²) in [5.74, 6) is -1.77. The first-order valence-corrected chi connectivity index (χ1v) is 5.22. The van der Waals surface area contributed by atoms with Gasteiger partial charge in [-0.15, -0.1) is 0 Å². The minimum atomic E-state index is -1.18. The second kappa shape index (κ2) is 6.12. The Bertz CT molecular complexity index is 431. The largest absolute Gasteiger partial charge is 0.480 e. The number of carboxylic acid groups (broad SMARTS) is 1. The molecule has 0 aliphatic rings. The molecule has 2 unspecified atom stereocenters. The number of ether oxygens (including phenoxy) is 1. The molecular weight excluding hydrogens is 240 g/mol. The van der Waals surface area contributed by atoms with Crippen LogP contribution in [0.4, 0.5) is 0 Å². The molecule has 8 heteroatoms. The van der Waals surface area contributed by atoms with Crippen molar-refractivity contribution in [2.75, 3.05) is 13.7 Å². The fourth-order valence-corrected chi connectivity index (χ4v) is 1.35. The molecular formula is C10H16N4O4. The van der Waals surface area contributed by atoms with E-state index in [-0.39, 0.29) is 6.61 Å². The van der Waals surface area contributed by atoms with Crippen molar-refractivity contribution in [3.05, 3.63) is 18.0 Å². The van der Waals surface area contributed by atoms with E-state index in [4.69, 9.17) is 15.6 Å². The highest BCUT2D eigenvalue weighted by Crippen LogP contribution is 2.08. The molecule has 4 N–H and O–H groups in total. The predicted octanol–water partition coefficient (Wildman–Crippen LogP) is -1.36. The molecule has 0 spiro atoms. The molecule has 1 heterocycles. The molecule has 0 saturated carbocycles. The molecule has 0 fully saturated rings. The van der Waals surface area contributed by atoms with E-state index < -0.39 is 24.0 Å². The molecule has 0 saturated heterocycles. The zero-order valence-corrected chi connectivity index (χ0v) is 10.2. The van der Waals surface area contributed by atoms with Gasteiger partial charge in [-0.05, 0) is 0 Å². The maximum Gasteiger partial charge on any atom is 0.328 e. The fraction of sp³-hybridized carbons (Fsp3) is 0.500. The lowest BCUT2D eigenvalue weighted by Crippen LogP contribution is -2.47. The Hall–Kier alpha value is -1.93. The number of nitrogens with two attached hydrogens (primary N) is 1. The number of aliphatic carboxylic acids is 1. The first-order chi connectivity index (χ1) is 8.45. The van der Waals surface area contributed by atoms with Crippen LogP contribution in [0.2, 0.25) is 0 Å². The van der Waals surface area contributed by atoms with Gasteiger partial charge in [-0.2, -0.15) is 5.10 Å². The van der Waals surface area contributed by atoms with Crippen LogP contribution in [0.3, 0.4) is 0 Å². The number of rotatable bonds is 6. The molecule has 100 valence electrons. The number of amides is 1. The van der Waals surface area contributed by atoms with Gasteiger partial charge in [0.2, 0.25) is 5.91 Å². The number of carbonyl (C=O) groups excluding carboxylic acids is 1. The number of aryl methyl sites for hydroxylation is 1. The van der Waals surface area contributed by atoms with Gasteiger partial charge >= 0.3 is 5.97 Å². The number of methoxy groups -OCH3 is 1. The van der Waals surface area contributed by atoms with Crippen molar-refractivity contribution < 1.29 is 19.4 Å². The van der Waals surface area contributed by atoms with Gasteiger partial charge in [-0.25, -0.2) is 4.79 Å². The van der Waals surface area contributed by atoms with Crippen molar-refractivity contribution >= 4 is 11.9 Å². The molecule has 0 aromatic carbocycles. The number of hydrogen-bond acceptors (Lipinski definition) is 5. The summed E-state index contributed by atoms with van der Waals surface area (Å²) >= 11 is 0. The van der Waals surface area contributed by atoms with Crippen molar-refractivity contribution in [1.82, 2.24) is 15.1 Å². The van der Waals surface area contributed by atoms with Crippen LogP contribution < -0.4 is 11.1 Å². The van der Waals surface area contributed by atoms with E-state index in [1.807, 2.05) is 0 Å². The van der Waals surface area contributed by atoms with Crippen molar-refractivity contribution in [1.29, 1.82) is 0 Å². The minimum Gasteiger partial charge on any atom is -0.480 e. The van der Waals surface area contributed by atoms with E-state index in [0.29, 0.717) is 5.56 Å². The van der Waals surface area contributed by atoms with Crippen molar-refractivity contribution in [2.45, 2.75) is 12.1 Å². The molecule has 1 amide bonds. The van der Waals surface area contributed by atoms with Crippen LogP contribution in [0.25, 0.3) is 0 Å². The van der Waals surface area contributed by atoms with Crippen LogP contribution in [0, 0.1) is 0 Å². The Morgan fingerprint density at radius 1 is 1.67 bits per heavy atom. The lowest BCUT2D eigenvalue weighted by molar-refractivity contribution is -0.143. The first kappa shape index (κ1) is 14.1. The van der Waals surface area contributed by atoms with Crippen LogP contribution in [-0.4, -0.2) is 46.5 Å². The van der Waals surface area contributed by atoms with Crippen LogP contribution in [0.5, 0.6) is 0 Å². The molecule has 0 aliphatic heterocycles. The summed E-state index contributed by atoms with van der Waals surface area (Å²) in [6, 6.07) is -2.08. The van der Waals surface area contributed by atoms with Gasteiger partial charge in [0.15, 0.2) is 6.04 Å². The molecule has 2 atom stereocenters. The average Bonchev–Trinajstić information content (AvgIpc) is 2.74. The van der Waals surface area contributed by atoms with E-state index in [1.54, 1.807) is 13.2 Å². The van der Waals surface area contributed by atoms with Crippen LogP contribution in [0.1, 0.15) is 11.6 Å². The summed E-state index contributed by atoms with van der Waals surface area (Å²) < 4.78 is 6.21. The van der Waals surface area contributed by atoms with Crippen molar-refractivity contribution in [2.24, 2.45) is 12.8 Å². The Labute approximate surface area is 104 Å². The highest BCUT2D eigenvalue weighted by atomic mass is 16.5. The van der Waals surface area contributed by atoms with E-state index in [1.165, 1.54) is 18.0 Å². The highest BCUT2D eigenvalue weighted by molar-refractivity contribution is 5.87. The van der Waals surface area contributed by atoms with Gasteiger partial charge in [-0.3, -0.25) is 9.48 Å². The Morgan fingerprint density at radius 3 is 2.78 bits per heavy atom. The molecule has 1 rings (SSSR count). The van der Waals surface area contributed by atoms with E-state index in [9.17, 15) is 9.59 Å². The molecule has 18 heavy (non-hydrogen) atoms. The Morgan fingerprint density at radius 2 is 2.33 bits per heavy atom. The van der Waals surface area contributed by atoms with Gasteiger partial charge in [-0.1, -0.05) is 0 Å². The molecule has 0 bridgehead atoms. The van der Waals surface area contributed by atoms with Crippen molar-refractivity contribution in [3.8, 4) is 0 Å². The van der Waals surface area contributed by atoms with Gasteiger partial charge in [0.05, 0.1) is 12.8 Å². The standard InChI is InChI=1S/C10H16N4O4/c1-14-4-6(3-12-14)8(11)9(15)13-7(5-18-2)10(16)17/h3-4,7-8H,5,11H2,1-2H3,(H,13,15)(H,16,17). The fourth-order valence-electron chi connectivity index (χ4n) is 1.35. The number of aromatic nitrogens is 2. The molecule has 1 aromatic heterocycles. The SMILES string of the molecule is COCC(NC(=O)C(N)c1cnn(C)c1)C(=O)O. The molecule has 8 nitrogen and oxygen atoms in total. The zero-order chi connectivity index (χ0) is 13.7. The average molecular weight is 256 g/mol. The Balaban J connectivity index is 2.66. The van der Waals surface area contributed by atoms with Gasteiger partial charge in [0.1, 0.15) is 6.04 Å². The summed E-state index contributed by atoms with van der Waals surface area (Å²) in [6.45, 7) is -0.124. The third-order valence-electron chi connectivity index (χ3n) is 2.31. The maximum absolute atomic E-state index is 11.8. The monoisotopic (exact) mass is 256 g/mol. The highest BCUT2D eigenvalue weighted by Gasteiger charge is 2.24.